The van der Waals surface area contributed by atoms with Crippen LogP contribution in [0.1, 0.15) is 26.7 Å². The molecular formula is C8H14O3. The van der Waals surface area contributed by atoms with Crippen molar-refractivity contribution < 1.29 is 14.6 Å². The highest BCUT2D eigenvalue weighted by atomic mass is 16.5. The number of carbonyl (C=O) groups is 1. The fourth-order valence-electron chi connectivity index (χ4n) is 1.20. The number of aliphatic hydroxyl groups excluding tert-OH is 1. The lowest BCUT2D eigenvalue weighted by molar-refractivity contribution is -0.153. The van der Waals surface area contributed by atoms with Crippen LogP contribution in [-0.4, -0.2) is 23.8 Å². The van der Waals surface area contributed by atoms with E-state index in [2.05, 4.69) is 0 Å². The summed E-state index contributed by atoms with van der Waals surface area (Å²) < 4.78 is 4.83. The summed E-state index contributed by atoms with van der Waals surface area (Å²) in [6.07, 6.45) is 0.967. The number of hydrogen-bond donors (Lipinski definition) is 1. The molecule has 0 radical (unpaired) electrons. The Bertz CT molecular complexity index is 159. The molecule has 0 spiro atoms. The fourth-order valence-corrected chi connectivity index (χ4v) is 1.20. The number of esters is 1. The Kier molecular flexibility index (Phi) is 2.18. The second kappa shape index (κ2) is 2.81. The van der Waals surface area contributed by atoms with E-state index < -0.39 is 11.5 Å². The summed E-state index contributed by atoms with van der Waals surface area (Å²) in [6, 6.07) is 0. The molecule has 0 aromatic heterocycles. The van der Waals surface area contributed by atoms with E-state index in [0.717, 1.165) is 12.8 Å². The first-order chi connectivity index (χ1) is 5.13. The first-order valence-electron chi connectivity index (χ1n) is 3.99. The maximum atomic E-state index is 11.2. The second-order valence-electron chi connectivity index (χ2n) is 3.05. The molecule has 0 aliphatic heterocycles. The van der Waals surface area contributed by atoms with Crippen LogP contribution in [0.3, 0.4) is 0 Å². The van der Waals surface area contributed by atoms with Crippen molar-refractivity contribution in [1.82, 2.24) is 0 Å². The third-order valence-electron chi connectivity index (χ3n) is 2.27. The average molecular weight is 158 g/mol. The van der Waals surface area contributed by atoms with Crippen molar-refractivity contribution in [2.45, 2.75) is 32.8 Å². The van der Waals surface area contributed by atoms with Crippen LogP contribution in [0.15, 0.2) is 0 Å². The lowest BCUT2D eigenvalue weighted by atomic mass is 10.0. The number of hydrogen-bond acceptors (Lipinski definition) is 3. The van der Waals surface area contributed by atoms with Crippen LogP contribution in [0, 0.1) is 5.41 Å². The lowest BCUT2D eigenvalue weighted by Gasteiger charge is -2.15. The summed E-state index contributed by atoms with van der Waals surface area (Å²) >= 11 is 0. The quantitative estimate of drug-likeness (QED) is 0.615. The highest BCUT2D eigenvalue weighted by molar-refractivity contribution is 5.80. The molecule has 0 aromatic carbocycles. The molecule has 64 valence electrons. The lowest BCUT2D eigenvalue weighted by Crippen LogP contribution is -2.29. The van der Waals surface area contributed by atoms with Crippen molar-refractivity contribution in [3.8, 4) is 0 Å². The molecule has 0 amide bonds. The monoisotopic (exact) mass is 158 g/mol. The molecule has 1 atom stereocenters. The molecule has 0 heterocycles. The van der Waals surface area contributed by atoms with Crippen LogP contribution in [0.5, 0.6) is 0 Å². The van der Waals surface area contributed by atoms with E-state index in [1.54, 1.807) is 13.8 Å². The molecule has 1 rings (SSSR count). The Hall–Kier alpha value is -0.570. The number of aliphatic hydroxyl groups is 1. The molecule has 1 saturated carbocycles. The van der Waals surface area contributed by atoms with Gasteiger partial charge in [0, 0.05) is 0 Å². The van der Waals surface area contributed by atoms with Gasteiger partial charge in [0.1, 0.15) is 0 Å². The Balaban J connectivity index is 2.51. The van der Waals surface area contributed by atoms with Gasteiger partial charge in [0.25, 0.3) is 0 Å². The third-order valence-corrected chi connectivity index (χ3v) is 2.27. The SMILES string of the molecule is CCOC(=O)C1(C(C)O)CC1. The fraction of sp³-hybridized carbons (Fsp3) is 0.875. The van der Waals surface area contributed by atoms with Gasteiger partial charge < -0.3 is 9.84 Å². The minimum atomic E-state index is -0.568. The molecule has 1 N–H and O–H groups in total. The van der Waals surface area contributed by atoms with Gasteiger partial charge >= 0.3 is 5.97 Å². The molecular weight excluding hydrogens is 144 g/mol. The van der Waals surface area contributed by atoms with Crippen molar-refractivity contribution in [3.63, 3.8) is 0 Å². The third kappa shape index (κ3) is 1.38. The zero-order valence-electron chi connectivity index (χ0n) is 6.96. The van der Waals surface area contributed by atoms with Crippen molar-refractivity contribution in [2.24, 2.45) is 5.41 Å². The van der Waals surface area contributed by atoms with E-state index in [1.807, 2.05) is 0 Å². The summed E-state index contributed by atoms with van der Waals surface area (Å²) in [6.45, 7) is 3.81. The molecule has 11 heavy (non-hydrogen) atoms. The maximum absolute atomic E-state index is 11.2. The van der Waals surface area contributed by atoms with E-state index in [9.17, 15) is 9.90 Å². The maximum Gasteiger partial charge on any atom is 0.314 e. The zero-order chi connectivity index (χ0) is 8.48. The standard InChI is InChI=1S/C8H14O3/c1-3-11-7(10)8(4-5-8)6(2)9/h6,9H,3-5H2,1-2H3. The number of ether oxygens (including phenoxy) is 1. The minimum Gasteiger partial charge on any atom is -0.465 e. The summed E-state index contributed by atoms with van der Waals surface area (Å²) in [7, 11) is 0. The molecule has 3 nitrogen and oxygen atoms in total. The largest absolute Gasteiger partial charge is 0.465 e. The number of rotatable bonds is 3. The van der Waals surface area contributed by atoms with Crippen LogP contribution < -0.4 is 0 Å². The van der Waals surface area contributed by atoms with Gasteiger partial charge in [-0.1, -0.05) is 0 Å². The molecule has 0 saturated heterocycles. The van der Waals surface area contributed by atoms with Gasteiger partial charge in [0.15, 0.2) is 0 Å². The molecule has 1 fully saturated rings. The van der Waals surface area contributed by atoms with Crippen LogP contribution in [0.2, 0.25) is 0 Å². The summed E-state index contributed by atoms with van der Waals surface area (Å²) in [4.78, 5) is 11.2. The van der Waals surface area contributed by atoms with E-state index in [4.69, 9.17) is 4.74 Å². The van der Waals surface area contributed by atoms with Gasteiger partial charge in [-0.25, -0.2) is 0 Å². The van der Waals surface area contributed by atoms with Gasteiger partial charge in [-0.15, -0.1) is 0 Å². The predicted molar refractivity (Wildman–Crippen MR) is 40.0 cm³/mol. The summed E-state index contributed by atoms with van der Waals surface area (Å²) in [5.74, 6) is -0.241. The van der Waals surface area contributed by atoms with Crippen LogP contribution >= 0.6 is 0 Å². The molecule has 1 unspecified atom stereocenters. The highest BCUT2D eigenvalue weighted by Crippen LogP contribution is 2.49. The second-order valence-corrected chi connectivity index (χ2v) is 3.05. The van der Waals surface area contributed by atoms with E-state index in [0.29, 0.717) is 6.61 Å². The Morgan fingerprint density at radius 3 is 2.55 bits per heavy atom. The van der Waals surface area contributed by atoms with Crippen molar-refractivity contribution >= 4 is 5.97 Å². The molecule has 0 bridgehead atoms. The average Bonchev–Trinajstić information content (AvgIpc) is 2.66. The van der Waals surface area contributed by atoms with Crippen molar-refractivity contribution in [3.05, 3.63) is 0 Å². The zero-order valence-corrected chi connectivity index (χ0v) is 6.96. The van der Waals surface area contributed by atoms with Crippen molar-refractivity contribution in [2.75, 3.05) is 6.61 Å². The normalized spacial score (nSPS) is 22.5. The smallest absolute Gasteiger partial charge is 0.314 e. The van der Waals surface area contributed by atoms with E-state index >= 15 is 0 Å². The van der Waals surface area contributed by atoms with Crippen LogP contribution in [0.4, 0.5) is 0 Å². The molecule has 3 heteroatoms. The van der Waals surface area contributed by atoms with Gasteiger partial charge in [-0.2, -0.15) is 0 Å². The Morgan fingerprint density at radius 2 is 2.27 bits per heavy atom. The van der Waals surface area contributed by atoms with Gasteiger partial charge in [0.05, 0.1) is 18.1 Å². The summed E-state index contributed by atoms with van der Waals surface area (Å²) in [5.41, 5.74) is -0.546. The van der Waals surface area contributed by atoms with Crippen LogP contribution in [0.25, 0.3) is 0 Å². The van der Waals surface area contributed by atoms with E-state index in [1.165, 1.54) is 0 Å². The van der Waals surface area contributed by atoms with Crippen LogP contribution in [-0.2, 0) is 9.53 Å². The Morgan fingerprint density at radius 1 is 1.73 bits per heavy atom. The van der Waals surface area contributed by atoms with Gasteiger partial charge in [0.2, 0.25) is 0 Å². The first kappa shape index (κ1) is 8.53. The minimum absolute atomic E-state index is 0.241. The highest BCUT2D eigenvalue weighted by Gasteiger charge is 2.55. The van der Waals surface area contributed by atoms with Gasteiger partial charge in [-0.05, 0) is 26.7 Å². The Labute approximate surface area is 66.4 Å². The van der Waals surface area contributed by atoms with E-state index in [-0.39, 0.29) is 5.97 Å². The topological polar surface area (TPSA) is 46.5 Å². The summed E-state index contributed by atoms with van der Waals surface area (Å²) in [5, 5.41) is 9.24. The predicted octanol–water partition coefficient (Wildman–Crippen LogP) is 0.710. The molecule has 0 aromatic rings. The number of carbonyl (C=O) groups excluding carboxylic acids is 1. The van der Waals surface area contributed by atoms with Gasteiger partial charge in [-0.3, -0.25) is 4.79 Å². The molecule has 1 aliphatic carbocycles. The molecule has 1 aliphatic rings. The first-order valence-corrected chi connectivity index (χ1v) is 3.99. The van der Waals surface area contributed by atoms with Crippen molar-refractivity contribution in [1.29, 1.82) is 0 Å².